The third-order valence-electron chi connectivity index (χ3n) is 14.7. The van der Waals surface area contributed by atoms with E-state index < -0.39 is 155 Å². The van der Waals surface area contributed by atoms with Gasteiger partial charge in [0.1, 0.15) is 66.2 Å². The highest BCUT2D eigenvalue weighted by atomic mass is 32.2. The van der Waals surface area contributed by atoms with Gasteiger partial charge < -0.3 is 97.6 Å². The van der Waals surface area contributed by atoms with Crippen LogP contribution in [0.25, 0.3) is 0 Å². The molecule has 1 aromatic rings. The first-order valence-corrected chi connectivity index (χ1v) is 34.2. The van der Waals surface area contributed by atoms with Crippen LogP contribution in [0, 0.1) is 22.0 Å². The number of hydrogen-bond donors (Lipinski definition) is 20. The van der Waals surface area contributed by atoms with Gasteiger partial charge in [-0.05, 0) is 106 Å². The molecule has 1 aliphatic heterocycles. The molecule has 0 unspecified atom stereocenters. The van der Waals surface area contributed by atoms with Crippen LogP contribution in [0.1, 0.15) is 104 Å². The minimum atomic E-state index is -1.52. The van der Waals surface area contributed by atoms with Crippen molar-refractivity contribution in [1.29, 1.82) is 0 Å². The standard InChI is InChI=1S/C58H98N22O15S3/c1-30(2)25-39(73-49(87)37(19-24-98-6)71-52(90)42(29-97)76-48(86)35(69-32(5)81)11-7-20-65-56(60)61)47(85)68-27-44(83)70-36(12-8-22-67-58(64)78-80(94)95)50(88)77-45(31(3)4)54(92)74-40(26-33-15-17-34(82)18-16-33)51(89)72-38(13-9-21-66-57(62)63)55(93)79-23-10-14-43(79)53(91)75-41(28-96)46(59)84/h15-18,30-31,35-43,45,82,96-97H,7-14,19-29H2,1-6H3,(H2,59,84)(H,68,85)(H,69,81)(H,70,83)(H,71,90)(H,72,89)(H,73,87)(H,74,92)(H,75,91)(H,76,86)(H,77,88)(H4,60,61,65)(H4,62,63,66)(H3,64,67,78)/t35-,36-,37-,38-,39-,40-,41-,42-,43-,45-/m0/s1. The lowest BCUT2D eigenvalue weighted by atomic mass is 9.99. The second kappa shape index (κ2) is 44.7. The number of aromatic hydroxyl groups is 1. The molecule has 1 aromatic carbocycles. The molecule has 0 saturated carbocycles. The van der Waals surface area contributed by atoms with E-state index in [1.165, 1.54) is 47.9 Å². The van der Waals surface area contributed by atoms with Gasteiger partial charge in [0, 0.05) is 51.0 Å². The minimum absolute atomic E-state index is 0.0256. The number of carbonyl (C=O) groups is 12. The molecular formula is C58H98N22O15S3. The third-order valence-corrected chi connectivity index (χ3v) is 16.1. The zero-order valence-electron chi connectivity index (χ0n) is 55.8. The number of phenolic OH excluding ortho intramolecular Hbond substituents is 1. The van der Waals surface area contributed by atoms with E-state index in [-0.39, 0.29) is 125 Å². The number of hydrogen-bond acceptors (Lipinski definition) is 21. The Morgan fingerprint density at radius 2 is 1.11 bits per heavy atom. The van der Waals surface area contributed by atoms with Crippen LogP contribution in [0.3, 0.4) is 0 Å². The fourth-order valence-electron chi connectivity index (χ4n) is 9.80. The fraction of sp³-hybridized carbons (Fsp3) is 0.638. The number of nitrogens with two attached hydrogens (primary N) is 6. The second-order valence-corrected chi connectivity index (χ2v) is 25.3. The average molecular weight is 1440 g/mol. The number of likely N-dealkylation sites (tertiary alicyclic amines) is 1. The number of thioether (sulfide) groups is 1. The molecule has 40 heteroatoms. The van der Waals surface area contributed by atoms with E-state index in [9.17, 15) is 72.8 Å². The summed E-state index contributed by atoms with van der Waals surface area (Å²) in [5.41, 5.74) is 35.0. The lowest BCUT2D eigenvalue weighted by Crippen LogP contribution is -2.61. The number of amides is 12. The lowest BCUT2D eigenvalue weighted by Gasteiger charge is -2.31. The van der Waals surface area contributed by atoms with Crippen molar-refractivity contribution in [2.45, 2.75) is 166 Å². The number of rotatable bonds is 44. The maximum atomic E-state index is 14.7. The van der Waals surface area contributed by atoms with E-state index in [2.05, 4.69) is 93.4 Å². The van der Waals surface area contributed by atoms with Gasteiger partial charge in [0.05, 0.1) is 6.54 Å². The number of nitro groups is 1. The molecular weight excluding hydrogens is 1340 g/mol. The lowest BCUT2D eigenvalue weighted by molar-refractivity contribution is -0.525. The van der Waals surface area contributed by atoms with E-state index in [1.807, 2.05) is 0 Å². The summed E-state index contributed by atoms with van der Waals surface area (Å²) in [6.07, 6.45) is 2.31. The summed E-state index contributed by atoms with van der Waals surface area (Å²) in [5.74, 6) is -11.7. The van der Waals surface area contributed by atoms with Gasteiger partial charge in [0.2, 0.25) is 70.9 Å². The summed E-state index contributed by atoms with van der Waals surface area (Å²) >= 11 is 9.69. The highest BCUT2D eigenvalue weighted by Gasteiger charge is 2.40. The maximum Gasteiger partial charge on any atom is 0.251 e. The van der Waals surface area contributed by atoms with Crippen LogP contribution in [0.4, 0.5) is 0 Å². The fourth-order valence-corrected chi connectivity index (χ4v) is 10.8. The van der Waals surface area contributed by atoms with Crippen molar-refractivity contribution in [3.8, 4) is 5.75 Å². The van der Waals surface area contributed by atoms with E-state index in [0.29, 0.717) is 17.7 Å². The van der Waals surface area contributed by atoms with Gasteiger partial charge in [0.15, 0.2) is 17.0 Å². The molecule has 548 valence electrons. The van der Waals surface area contributed by atoms with E-state index >= 15 is 0 Å². The Morgan fingerprint density at radius 3 is 1.63 bits per heavy atom. The average Bonchev–Trinajstić information content (AvgIpc) is 1.56. The van der Waals surface area contributed by atoms with Crippen LogP contribution in [0.15, 0.2) is 39.2 Å². The molecule has 0 aliphatic carbocycles. The summed E-state index contributed by atoms with van der Waals surface area (Å²) in [6, 6.07) is -7.38. The Kier molecular flexibility index (Phi) is 38.8. The smallest absolute Gasteiger partial charge is 0.251 e. The predicted molar refractivity (Wildman–Crippen MR) is 372 cm³/mol. The van der Waals surface area contributed by atoms with Gasteiger partial charge in [-0.15, -0.1) is 0 Å². The second-order valence-electron chi connectivity index (χ2n) is 23.6. The summed E-state index contributed by atoms with van der Waals surface area (Å²) in [4.78, 5) is 189. The van der Waals surface area contributed by atoms with Gasteiger partial charge in [-0.25, -0.2) is 15.1 Å². The Labute approximate surface area is 583 Å². The number of phenols is 1. The molecule has 24 N–H and O–H groups in total. The first-order chi connectivity index (χ1) is 46.2. The van der Waals surface area contributed by atoms with Crippen LogP contribution in [-0.2, 0) is 64.0 Å². The zero-order chi connectivity index (χ0) is 73.8. The number of benzene rings is 1. The van der Waals surface area contributed by atoms with E-state index in [1.54, 1.807) is 39.4 Å². The molecule has 0 spiro atoms. The first kappa shape index (κ1) is 85.0. The summed E-state index contributed by atoms with van der Waals surface area (Å²) in [7, 11) is 0. The molecule has 0 aromatic heterocycles. The minimum Gasteiger partial charge on any atom is -0.508 e. The van der Waals surface area contributed by atoms with Crippen LogP contribution in [0.2, 0.25) is 0 Å². The van der Waals surface area contributed by atoms with Crippen molar-refractivity contribution in [2.75, 3.05) is 56.2 Å². The topological polar surface area (TPSA) is 597 Å². The Balaban J connectivity index is 2.48. The number of nitrogens with one attached hydrogen (secondary N) is 11. The van der Waals surface area contributed by atoms with Crippen molar-refractivity contribution in [3.05, 3.63) is 39.9 Å². The van der Waals surface area contributed by atoms with Gasteiger partial charge in [0.25, 0.3) is 5.96 Å². The Bertz CT molecular complexity index is 2980. The quantitative estimate of drug-likeness (QED) is 0.00723. The molecule has 98 heavy (non-hydrogen) atoms. The summed E-state index contributed by atoms with van der Waals surface area (Å²) in [5, 5.41) is 46.0. The number of nitrogens with zero attached hydrogens (tertiary/aromatic N) is 5. The highest BCUT2D eigenvalue weighted by molar-refractivity contribution is 7.98. The van der Waals surface area contributed by atoms with Gasteiger partial charge in [-0.1, -0.05) is 45.3 Å². The SMILES string of the molecule is CSCC[C@H](NC(=O)[C@H](CS)NC(=O)[C@H](CCCN=C(N)N)NC(C)=O)C(=O)N[C@@H](CC(C)C)C(=O)NCC(=O)N[C@@H](CCCN=C(N)N[N+](=O)[O-])C(=O)N[C@H](C(=O)N[C@@H](Cc1ccc(O)cc1)C(=O)N[C@@H](CCCN=C(N)N)C(=O)N1CCC[C@H]1C(=O)N[C@@H](CS)C(N)=O)C(C)C. The van der Waals surface area contributed by atoms with Crippen LogP contribution in [-0.4, -0.2) is 220 Å². The third kappa shape index (κ3) is 32.3. The van der Waals surface area contributed by atoms with Gasteiger partial charge in [-0.3, -0.25) is 67.5 Å². The van der Waals surface area contributed by atoms with Gasteiger partial charge >= 0.3 is 0 Å². The molecule has 0 bridgehead atoms. The number of carbonyl (C=O) groups excluding carboxylic acids is 12. The Morgan fingerprint density at radius 1 is 0.622 bits per heavy atom. The summed E-state index contributed by atoms with van der Waals surface area (Å²) < 4.78 is 0. The predicted octanol–water partition coefficient (Wildman–Crippen LogP) is -5.79. The molecule has 1 saturated heterocycles. The highest BCUT2D eigenvalue weighted by Crippen LogP contribution is 2.21. The molecule has 12 amide bonds. The zero-order valence-corrected chi connectivity index (χ0v) is 58.4. The van der Waals surface area contributed by atoms with Crippen molar-refractivity contribution >= 4 is 126 Å². The van der Waals surface area contributed by atoms with Crippen molar-refractivity contribution in [3.63, 3.8) is 0 Å². The first-order valence-electron chi connectivity index (χ1n) is 31.6. The van der Waals surface area contributed by atoms with Crippen molar-refractivity contribution < 1.29 is 67.7 Å². The largest absolute Gasteiger partial charge is 0.508 e. The molecule has 0 radical (unpaired) electrons. The van der Waals surface area contributed by atoms with Crippen LogP contribution < -0.4 is 93.0 Å². The number of aliphatic imine (C=N–C) groups is 3. The van der Waals surface area contributed by atoms with Crippen LogP contribution >= 0.6 is 37.0 Å². The number of guanidine groups is 3. The van der Waals surface area contributed by atoms with Crippen LogP contribution in [0.5, 0.6) is 5.75 Å². The normalized spacial score (nSPS) is 15.5. The van der Waals surface area contributed by atoms with Crippen molar-refractivity contribution in [2.24, 2.45) is 61.2 Å². The van der Waals surface area contributed by atoms with Gasteiger partial charge in [-0.2, -0.15) is 37.0 Å². The monoisotopic (exact) mass is 1440 g/mol. The molecule has 37 nitrogen and oxygen atoms in total. The molecule has 1 fully saturated rings. The molecule has 1 aliphatic rings. The van der Waals surface area contributed by atoms with E-state index in [0.717, 1.165) is 0 Å². The Hall–Kier alpha value is -9.08. The number of primary amides is 1. The van der Waals surface area contributed by atoms with Crippen molar-refractivity contribution in [1.82, 2.24) is 63.5 Å². The molecule has 1 heterocycles. The molecule has 2 rings (SSSR count). The number of thiol groups is 2. The maximum absolute atomic E-state index is 14.7. The molecule has 10 atom stereocenters. The van der Waals surface area contributed by atoms with E-state index in [4.69, 9.17) is 34.4 Å². The summed E-state index contributed by atoms with van der Waals surface area (Å²) in [6.45, 7) is 7.12. The number of hydrazine groups is 1.